The van der Waals surface area contributed by atoms with Crippen LogP contribution >= 0.6 is 0 Å². The van der Waals surface area contributed by atoms with Gasteiger partial charge in [0.05, 0.1) is 12.5 Å². The molecule has 3 nitrogen and oxygen atoms in total. The Morgan fingerprint density at radius 1 is 0.774 bits per heavy atom. The average molecular weight is 410 g/mol. The summed E-state index contributed by atoms with van der Waals surface area (Å²) < 4.78 is 5.62. The Morgan fingerprint density at radius 3 is 1.94 bits per heavy atom. The van der Waals surface area contributed by atoms with E-state index in [0.717, 1.165) is 36.3 Å². The fourth-order valence-electron chi connectivity index (χ4n) is 4.84. The number of allylic oxidation sites excluding steroid dienone is 2. The number of esters is 1. The smallest absolute Gasteiger partial charge is 0.309 e. The van der Waals surface area contributed by atoms with E-state index in [9.17, 15) is 4.79 Å². The van der Waals surface area contributed by atoms with Crippen LogP contribution < -0.4 is 4.90 Å². The zero-order valence-electron chi connectivity index (χ0n) is 17.6. The lowest BCUT2D eigenvalue weighted by atomic mass is 9.94. The second-order valence-electron chi connectivity index (χ2n) is 8.48. The van der Waals surface area contributed by atoms with Crippen LogP contribution in [0.5, 0.6) is 0 Å². The lowest BCUT2D eigenvalue weighted by Crippen LogP contribution is -2.22. The molecule has 0 saturated heterocycles. The van der Waals surface area contributed by atoms with Crippen molar-refractivity contribution in [1.29, 1.82) is 0 Å². The van der Waals surface area contributed by atoms with Gasteiger partial charge in [-0.1, -0.05) is 60.7 Å². The molecule has 1 fully saturated rings. The van der Waals surface area contributed by atoms with E-state index in [0.29, 0.717) is 18.4 Å². The Hall–Kier alpha value is -3.33. The molecular formula is C28H27NO2. The lowest BCUT2D eigenvalue weighted by molar-refractivity contribution is -0.149. The zero-order valence-corrected chi connectivity index (χ0v) is 17.6. The van der Waals surface area contributed by atoms with Crippen LogP contribution in [0, 0.1) is 17.8 Å². The molecule has 3 atom stereocenters. The van der Waals surface area contributed by atoms with Crippen molar-refractivity contribution in [2.75, 3.05) is 11.5 Å². The van der Waals surface area contributed by atoms with Gasteiger partial charge in [0.1, 0.15) is 0 Å². The summed E-state index contributed by atoms with van der Waals surface area (Å²) in [6.45, 7) is 0.441. The first-order valence-electron chi connectivity index (χ1n) is 11.1. The van der Waals surface area contributed by atoms with Gasteiger partial charge in [-0.05, 0) is 66.6 Å². The van der Waals surface area contributed by atoms with E-state index in [4.69, 9.17) is 4.74 Å². The van der Waals surface area contributed by atoms with Crippen molar-refractivity contribution < 1.29 is 9.53 Å². The van der Waals surface area contributed by atoms with Gasteiger partial charge in [-0.3, -0.25) is 4.79 Å². The molecule has 0 radical (unpaired) electrons. The predicted octanol–water partition coefficient (Wildman–Crippen LogP) is 6.45. The van der Waals surface area contributed by atoms with E-state index in [1.807, 2.05) is 12.1 Å². The number of anilines is 3. The summed E-state index contributed by atoms with van der Waals surface area (Å²) >= 11 is 0. The monoisotopic (exact) mass is 409 g/mol. The quantitative estimate of drug-likeness (QED) is 0.331. The Bertz CT molecular complexity index is 1000. The maximum Gasteiger partial charge on any atom is 0.309 e. The van der Waals surface area contributed by atoms with E-state index in [1.165, 1.54) is 5.56 Å². The van der Waals surface area contributed by atoms with Crippen LogP contribution in [0.15, 0.2) is 97.1 Å². The van der Waals surface area contributed by atoms with Gasteiger partial charge in [0.25, 0.3) is 0 Å². The number of fused-ring (bicyclic) bond motifs is 2. The van der Waals surface area contributed by atoms with Crippen molar-refractivity contribution in [1.82, 2.24) is 0 Å². The molecule has 2 aliphatic rings. The van der Waals surface area contributed by atoms with Gasteiger partial charge in [0.2, 0.25) is 0 Å². The minimum atomic E-state index is -0.0206. The Balaban J connectivity index is 1.24. The molecule has 0 heterocycles. The van der Waals surface area contributed by atoms with Crippen molar-refractivity contribution in [2.45, 2.75) is 19.3 Å². The summed E-state index contributed by atoms with van der Waals surface area (Å²) in [5.41, 5.74) is 4.52. The van der Waals surface area contributed by atoms with Gasteiger partial charge in [0.15, 0.2) is 0 Å². The molecule has 1 saturated carbocycles. The van der Waals surface area contributed by atoms with Crippen LogP contribution in [0.4, 0.5) is 17.1 Å². The third-order valence-electron chi connectivity index (χ3n) is 6.44. The van der Waals surface area contributed by atoms with E-state index in [2.05, 4.69) is 89.8 Å². The topological polar surface area (TPSA) is 29.5 Å². The highest BCUT2D eigenvalue weighted by atomic mass is 16.5. The molecule has 156 valence electrons. The molecule has 0 aromatic heterocycles. The van der Waals surface area contributed by atoms with Gasteiger partial charge < -0.3 is 9.64 Å². The molecule has 1 unspecified atom stereocenters. The zero-order chi connectivity index (χ0) is 21.0. The summed E-state index contributed by atoms with van der Waals surface area (Å²) in [6, 6.07) is 29.3. The SMILES string of the molecule is O=C(OCCc1ccc(N(c2ccccc2)c2ccccc2)cc1)C1C[C@H]2C=C[C@@H]1C2. The fraction of sp³-hybridized carbons (Fsp3) is 0.250. The number of carbonyl (C=O) groups excluding carboxylic acids is 1. The molecular weight excluding hydrogens is 382 g/mol. The van der Waals surface area contributed by atoms with Crippen LogP contribution in [0.1, 0.15) is 18.4 Å². The van der Waals surface area contributed by atoms with Crippen LogP contribution in [0.25, 0.3) is 0 Å². The van der Waals surface area contributed by atoms with E-state index in [1.54, 1.807) is 0 Å². The average Bonchev–Trinajstić information content (AvgIpc) is 3.46. The number of hydrogen-bond acceptors (Lipinski definition) is 3. The number of ether oxygens (including phenoxy) is 1. The number of para-hydroxylation sites is 2. The molecule has 0 aliphatic heterocycles. The summed E-state index contributed by atoms with van der Waals surface area (Å²) in [7, 11) is 0. The maximum absolute atomic E-state index is 12.4. The third-order valence-corrected chi connectivity index (χ3v) is 6.44. The first-order valence-corrected chi connectivity index (χ1v) is 11.1. The van der Waals surface area contributed by atoms with E-state index in [-0.39, 0.29) is 11.9 Å². The Kier molecular flexibility index (Phi) is 5.57. The van der Waals surface area contributed by atoms with Gasteiger partial charge in [-0.15, -0.1) is 0 Å². The maximum atomic E-state index is 12.4. The van der Waals surface area contributed by atoms with Crippen LogP contribution in [-0.2, 0) is 16.0 Å². The van der Waals surface area contributed by atoms with Crippen molar-refractivity contribution in [3.8, 4) is 0 Å². The van der Waals surface area contributed by atoms with Crippen molar-refractivity contribution in [3.63, 3.8) is 0 Å². The molecule has 0 N–H and O–H groups in total. The van der Waals surface area contributed by atoms with Gasteiger partial charge in [-0.2, -0.15) is 0 Å². The van der Waals surface area contributed by atoms with Crippen molar-refractivity contribution in [2.24, 2.45) is 17.8 Å². The number of benzene rings is 3. The third kappa shape index (κ3) is 4.27. The van der Waals surface area contributed by atoms with Crippen molar-refractivity contribution in [3.05, 3.63) is 103 Å². The first kappa shape index (κ1) is 19.6. The standard InChI is InChI=1S/C28H27NO2/c30-28(27-20-22-11-14-23(27)19-22)31-18-17-21-12-15-26(16-13-21)29(24-7-3-1-4-8-24)25-9-5-2-6-10-25/h1-16,22-23,27H,17-20H2/t22-,23+,27?/m0/s1. The molecule has 3 aromatic rings. The summed E-state index contributed by atoms with van der Waals surface area (Å²) in [6.07, 6.45) is 7.28. The number of nitrogens with zero attached hydrogens (tertiary/aromatic N) is 1. The van der Waals surface area contributed by atoms with Crippen molar-refractivity contribution >= 4 is 23.0 Å². The van der Waals surface area contributed by atoms with Crippen LogP contribution in [0.2, 0.25) is 0 Å². The minimum Gasteiger partial charge on any atom is -0.465 e. The second-order valence-corrected chi connectivity index (χ2v) is 8.48. The molecule has 2 bridgehead atoms. The lowest BCUT2D eigenvalue weighted by Gasteiger charge is -2.25. The summed E-state index contributed by atoms with van der Waals surface area (Å²) in [5.74, 6) is 1.04. The molecule has 3 heteroatoms. The van der Waals surface area contributed by atoms with E-state index < -0.39 is 0 Å². The number of rotatable bonds is 7. The van der Waals surface area contributed by atoms with Gasteiger partial charge in [0, 0.05) is 23.5 Å². The largest absolute Gasteiger partial charge is 0.465 e. The molecule has 31 heavy (non-hydrogen) atoms. The number of carbonyl (C=O) groups is 1. The fourth-order valence-corrected chi connectivity index (χ4v) is 4.84. The van der Waals surface area contributed by atoms with Crippen LogP contribution in [-0.4, -0.2) is 12.6 Å². The van der Waals surface area contributed by atoms with Gasteiger partial charge in [-0.25, -0.2) is 0 Å². The molecule has 0 amide bonds. The number of hydrogen-bond donors (Lipinski definition) is 0. The summed E-state index contributed by atoms with van der Waals surface area (Å²) in [5, 5.41) is 0. The minimum absolute atomic E-state index is 0.0206. The highest BCUT2D eigenvalue weighted by Gasteiger charge is 2.40. The molecule has 3 aromatic carbocycles. The van der Waals surface area contributed by atoms with Crippen LogP contribution in [0.3, 0.4) is 0 Å². The predicted molar refractivity (Wildman–Crippen MR) is 125 cm³/mol. The normalized spacial score (nSPS) is 21.2. The first-order chi connectivity index (χ1) is 15.3. The van der Waals surface area contributed by atoms with Gasteiger partial charge >= 0.3 is 5.97 Å². The summed E-state index contributed by atoms with van der Waals surface area (Å²) in [4.78, 5) is 14.7. The van der Waals surface area contributed by atoms with E-state index >= 15 is 0 Å². The highest BCUT2D eigenvalue weighted by molar-refractivity contribution is 5.76. The highest BCUT2D eigenvalue weighted by Crippen LogP contribution is 2.43. The Morgan fingerprint density at radius 2 is 1.39 bits per heavy atom. The second kappa shape index (κ2) is 8.81. The molecule has 5 rings (SSSR count). The Labute approximate surface area is 184 Å². The molecule has 0 spiro atoms. The molecule has 2 aliphatic carbocycles.